The van der Waals surface area contributed by atoms with E-state index in [2.05, 4.69) is 10.3 Å². The fourth-order valence-electron chi connectivity index (χ4n) is 1.50. The third-order valence-corrected chi connectivity index (χ3v) is 4.55. The molecule has 1 amide bonds. The number of carbonyl (C=O) groups excluding carboxylic acids is 1. The van der Waals surface area contributed by atoms with Crippen LogP contribution in [0.15, 0.2) is 40.7 Å². The van der Waals surface area contributed by atoms with Gasteiger partial charge in [0.1, 0.15) is 0 Å². The van der Waals surface area contributed by atoms with Crippen molar-refractivity contribution in [3.05, 3.63) is 35.8 Å². The first-order chi connectivity index (χ1) is 9.19. The van der Waals surface area contributed by atoms with Crippen LogP contribution in [0.25, 0.3) is 0 Å². The lowest BCUT2D eigenvalue weighted by Crippen LogP contribution is -2.24. The van der Waals surface area contributed by atoms with Crippen LogP contribution in [0.5, 0.6) is 0 Å². The standard InChI is InChI=1S/C13H15N3OS2/c1-2-11(12(17)16-13-15-7-8-18-13)19-10-5-3-9(14)4-6-10/h3-8,11H,2,14H2,1H3,(H,15,16,17). The molecule has 0 aliphatic heterocycles. The summed E-state index contributed by atoms with van der Waals surface area (Å²) in [6.07, 6.45) is 2.43. The van der Waals surface area contributed by atoms with Crippen LogP contribution in [0.3, 0.4) is 0 Å². The van der Waals surface area contributed by atoms with Crippen LogP contribution in [-0.4, -0.2) is 16.1 Å². The fraction of sp³-hybridized carbons (Fsp3) is 0.231. The molecule has 0 saturated heterocycles. The zero-order valence-corrected chi connectivity index (χ0v) is 12.1. The largest absolute Gasteiger partial charge is 0.399 e. The number of amides is 1. The molecule has 2 aromatic rings. The molecule has 0 saturated carbocycles. The van der Waals surface area contributed by atoms with Crippen molar-refractivity contribution in [2.24, 2.45) is 0 Å². The van der Waals surface area contributed by atoms with E-state index in [4.69, 9.17) is 5.73 Å². The summed E-state index contributed by atoms with van der Waals surface area (Å²) in [5.41, 5.74) is 6.37. The zero-order chi connectivity index (χ0) is 13.7. The van der Waals surface area contributed by atoms with Crippen molar-refractivity contribution in [1.82, 2.24) is 4.98 Å². The molecule has 100 valence electrons. The lowest BCUT2D eigenvalue weighted by Gasteiger charge is -2.13. The molecule has 1 unspecified atom stereocenters. The molecule has 0 aliphatic carbocycles. The smallest absolute Gasteiger partial charge is 0.239 e. The van der Waals surface area contributed by atoms with Crippen LogP contribution >= 0.6 is 23.1 Å². The Balaban J connectivity index is 1.99. The summed E-state index contributed by atoms with van der Waals surface area (Å²) in [4.78, 5) is 17.2. The Labute approximate surface area is 120 Å². The van der Waals surface area contributed by atoms with Gasteiger partial charge < -0.3 is 11.1 Å². The first kappa shape index (κ1) is 13.9. The number of anilines is 2. The average molecular weight is 293 g/mol. The minimum absolute atomic E-state index is 0.0146. The Morgan fingerprint density at radius 1 is 1.47 bits per heavy atom. The second-order valence-corrected chi connectivity index (χ2v) is 6.08. The number of aromatic nitrogens is 1. The van der Waals surface area contributed by atoms with Crippen molar-refractivity contribution in [3.63, 3.8) is 0 Å². The Kier molecular flexibility index (Phi) is 4.81. The number of hydrogen-bond acceptors (Lipinski definition) is 5. The molecule has 1 heterocycles. The fourth-order valence-corrected chi connectivity index (χ4v) is 2.99. The lowest BCUT2D eigenvalue weighted by atomic mass is 10.3. The molecule has 1 atom stereocenters. The summed E-state index contributed by atoms with van der Waals surface area (Å²) in [6, 6.07) is 7.54. The summed E-state index contributed by atoms with van der Waals surface area (Å²) < 4.78 is 0. The molecule has 0 fully saturated rings. The third kappa shape index (κ3) is 3.97. The highest BCUT2D eigenvalue weighted by Gasteiger charge is 2.18. The highest BCUT2D eigenvalue weighted by atomic mass is 32.2. The first-order valence-corrected chi connectivity index (χ1v) is 7.67. The zero-order valence-electron chi connectivity index (χ0n) is 10.5. The van der Waals surface area contributed by atoms with Gasteiger partial charge in [0.2, 0.25) is 5.91 Å². The van der Waals surface area contributed by atoms with E-state index in [0.29, 0.717) is 5.13 Å². The van der Waals surface area contributed by atoms with E-state index in [9.17, 15) is 4.79 Å². The van der Waals surface area contributed by atoms with Crippen LogP contribution in [0, 0.1) is 0 Å². The van der Waals surface area contributed by atoms with Crippen molar-refractivity contribution in [2.75, 3.05) is 11.1 Å². The highest BCUT2D eigenvalue weighted by molar-refractivity contribution is 8.00. The van der Waals surface area contributed by atoms with Crippen molar-refractivity contribution < 1.29 is 4.79 Å². The van der Waals surface area contributed by atoms with Crippen molar-refractivity contribution in [2.45, 2.75) is 23.5 Å². The van der Waals surface area contributed by atoms with E-state index in [1.54, 1.807) is 6.20 Å². The van der Waals surface area contributed by atoms with Gasteiger partial charge in [-0.1, -0.05) is 6.92 Å². The number of nitrogens with zero attached hydrogens (tertiary/aromatic N) is 1. The maximum absolute atomic E-state index is 12.1. The predicted octanol–water partition coefficient (Wildman–Crippen LogP) is 3.23. The number of thiazole rings is 1. The normalized spacial score (nSPS) is 12.1. The van der Waals surface area contributed by atoms with E-state index < -0.39 is 0 Å². The number of hydrogen-bond donors (Lipinski definition) is 2. The predicted molar refractivity (Wildman–Crippen MR) is 81.5 cm³/mol. The summed E-state index contributed by atoms with van der Waals surface area (Å²) in [5.74, 6) is -0.0146. The molecule has 1 aromatic carbocycles. The van der Waals surface area contributed by atoms with Crippen molar-refractivity contribution >= 4 is 39.8 Å². The van der Waals surface area contributed by atoms with Crippen molar-refractivity contribution in [1.29, 1.82) is 0 Å². The maximum Gasteiger partial charge on any atom is 0.239 e. The molecule has 0 spiro atoms. The molecule has 0 bridgehead atoms. The number of benzene rings is 1. The molecular weight excluding hydrogens is 278 g/mol. The van der Waals surface area contributed by atoms with Crippen molar-refractivity contribution in [3.8, 4) is 0 Å². The maximum atomic E-state index is 12.1. The second-order valence-electron chi connectivity index (χ2n) is 3.91. The summed E-state index contributed by atoms with van der Waals surface area (Å²) in [6.45, 7) is 2.00. The summed E-state index contributed by atoms with van der Waals surface area (Å²) >= 11 is 2.96. The van der Waals surface area contributed by atoms with E-state index >= 15 is 0 Å². The Hall–Kier alpha value is -1.53. The molecule has 2 rings (SSSR count). The lowest BCUT2D eigenvalue weighted by molar-refractivity contribution is -0.115. The highest BCUT2D eigenvalue weighted by Crippen LogP contribution is 2.27. The average Bonchev–Trinajstić information content (AvgIpc) is 2.90. The van der Waals surface area contributed by atoms with Gasteiger partial charge in [-0.2, -0.15) is 0 Å². The van der Waals surface area contributed by atoms with Crippen LogP contribution in [-0.2, 0) is 4.79 Å². The van der Waals surface area contributed by atoms with Gasteiger partial charge in [-0.05, 0) is 30.7 Å². The van der Waals surface area contributed by atoms with E-state index in [1.807, 2.05) is 36.6 Å². The summed E-state index contributed by atoms with van der Waals surface area (Å²) in [7, 11) is 0. The van der Waals surface area contributed by atoms with Gasteiger partial charge in [0, 0.05) is 22.2 Å². The number of thioether (sulfide) groups is 1. The van der Waals surface area contributed by atoms with Gasteiger partial charge >= 0.3 is 0 Å². The van der Waals surface area contributed by atoms with Crippen LogP contribution in [0.4, 0.5) is 10.8 Å². The molecular formula is C13H15N3OS2. The van der Waals surface area contributed by atoms with Gasteiger partial charge in [-0.25, -0.2) is 4.98 Å². The number of carbonyl (C=O) groups is 1. The molecule has 0 radical (unpaired) electrons. The second kappa shape index (κ2) is 6.58. The number of nitrogens with two attached hydrogens (primary N) is 1. The van der Waals surface area contributed by atoms with E-state index in [-0.39, 0.29) is 11.2 Å². The van der Waals surface area contributed by atoms with E-state index in [0.717, 1.165) is 17.0 Å². The van der Waals surface area contributed by atoms with Gasteiger partial charge in [0.25, 0.3) is 0 Å². The Bertz CT molecular complexity index is 525. The third-order valence-electron chi connectivity index (χ3n) is 2.48. The van der Waals surface area contributed by atoms with Gasteiger partial charge in [0.15, 0.2) is 5.13 Å². The van der Waals surface area contributed by atoms with Gasteiger partial charge in [0.05, 0.1) is 5.25 Å². The van der Waals surface area contributed by atoms with Gasteiger partial charge in [-0.3, -0.25) is 4.79 Å². The number of nitrogens with one attached hydrogen (secondary N) is 1. The van der Waals surface area contributed by atoms with Crippen LogP contribution in [0.1, 0.15) is 13.3 Å². The molecule has 6 heteroatoms. The minimum atomic E-state index is -0.132. The molecule has 19 heavy (non-hydrogen) atoms. The Morgan fingerprint density at radius 3 is 2.79 bits per heavy atom. The molecule has 3 N–H and O–H groups in total. The molecule has 1 aromatic heterocycles. The topological polar surface area (TPSA) is 68.0 Å². The number of nitrogen functional groups attached to an aromatic ring is 1. The SMILES string of the molecule is CCC(Sc1ccc(N)cc1)C(=O)Nc1nccs1. The Morgan fingerprint density at radius 2 is 2.21 bits per heavy atom. The monoisotopic (exact) mass is 293 g/mol. The quantitative estimate of drug-likeness (QED) is 0.656. The minimum Gasteiger partial charge on any atom is -0.399 e. The summed E-state index contributed by atoms with van der Waals surface area (Å²) in [5, 5.41) is 5.17. The molecule has 0 aliphatic rings. The first-order valence-electron chi connectivity index (χ1n) is 5.91. The van der Waals surface area contributed by atoms with Crippen LogP contribution < -0.4 is 11.1 Å². The number of rotatable bonds is 5. The van der Waals surface area contributed by atoms with E-state index in [1.165, 1.54) is 23.1 Å². The van der Waals surface area contributed by atoms with Crippen LogP contribution in [0.2, 0.25) is 0 Å². The molecule has 4 nitrogen and oxygen atoms in total. The van der Waals surface area contributed by atoms with Gasteiger partial charge in [-0.15, -0.1) is 23.1 Å².